The number of nitrogens with one attached hydrogen (secondary N) is 2. The Kier molecular flexibility index (Phi) is 12.1. The van der Waals surface area contributed by atoms with Crippen molar-refractivity contribution < 1.29 is 18.8 Å². The highest BCUT2D eigenvalue weighted by atomic mass is 35.5. The zero-order valence-electron chi connectivity index (χ0n) is 23.5. The maximum Gasteiger partial charge on any atom is 0.246 e. The lowest BCUT2D eigenvalue weighted by Gasteiger charge is -2.45. The molecule has 8 nitrogen and oxygen atoms in total. The monoisotopic (exact) mass is 627 g/mol. The number of hydrogen-bond donors (Lipinski definition) is 2. The van der Waals surface area contributed by atoms with Gasteiger partial charge in [-0.15, -0.1) is 36.2 Å². The Hall–Kier alpha value is -2.11. The number of nitrogens with zero attached hydrogens (tertiary/aromatic N) is 3. The Morgan fingerprint density at radius 3 is 2.41 bits per heavy atom. The molecule has 0 radical (unpaired) electrons. The van der Waals surface area contributed by atoms with Gasteiger partial charge in [0.25, 0.3) is 0 Å². The Morgan fingerprint density at radius 1 is 1.02 bits per heavy atom. The van der Waals surface area contributed by atoms with Gasteiger partial charge in [-0.25, -0.2) is 9.37 Å². The van der Waals surface area contributed by atoms with E-state index in [9.17, 15) is 18.8 Å². The van der Waals surface area contributed by atoms with Gasteiger partial charge in [-0.2, -0.15) is 0 Å². The lowest BCUT2D eigenvalue weighted by atomic mass is 9.82. The van der Waals surface area contributed by atoms with E-state index in [1.807, 2.05) is 4.90 Å². The standard InChI is InChI=1S/C29H38FN5O3S.2ClH/c1-18(31-2)27(37)33-25(19-7-4-3-5-8-19)29(38)35-15-22-9-6-14-34(22)16-24(35)28-32-23(17-39-28)26(36)20-10-12-21(30)13-11-20;;/h10-13,17-19,22,24-25,31H,3-9,14-16H2,1-2H3,(H,33,37);2*1H/t18-,22+,24-,25-;;/m0../s1. The van der Waals surface area contributed by atoms with Crippen LogP contribution >= 0.6 is 36.2 Å². The molecule has 2 N–H and O–H groups in total. The summed E-state index contributed by atoms with van der Waals surface area (Å²) in [5.41, 5.74) is 0.681. The van der Waals surface area contributed by atoms with Crippen LogP contribution in [0.5, 0.6) is 0 Å². The molecule has 3 heterocycles. The van der Waals surface area contributed by atoms with E-state index in [0.717, 1.165) is 56.5 Å². The minimum absolute atomic E-state index is 0. The van der Waals surface area contributed by atoms with E-state index < -0.39 is 17.9 Å². The molecule has 3 aliphatic rings. The quantitative estimate of drug-likeness (QED) is 0.422. The maximum absolute atomic E-state index is 14.4. The van der Waals surface area contributed by atoms with E-state index in [1.165, 1.54) is 35.6 Å². The number of ketones is 1. The molecular weight excluding hydrogens is 588 g/mol. The number of carbonyl (C=O) groups excluding carboxylic acids is 3. The van der Waals surface area contributed by atoms with Gasteiger partial charge in [-0.1, -0.05) is 19.3 Å². The number of aromatic nitrogens is 1. The van der Waals surface area contributed by atoms with Crippen LogP contribution in [-0.2, 0) is 9.59 Å². The third-order valence-electron chi connectivity index (χ3n) is 8.63. The largest absolute Gasteiger partial charge is 0.343 e. The van der Waals surface area contributed by atoms with Crippen molar-refractivity contribution in [2.75, 3.05) is 26.7 Å². The van der Waals surface area contributed by atoms with E-state index in [1.54, 1.807) is 19.4 Å². The summed E-state index contributed by atoms with van der Waals surface area (Å²) in [6.45, 7) is 4.03. The first-order valence-corrected chi connectivity index (χ1v) is 15.0. The summed E-state index contributed by atoms with van der Waals surface area (Å²) in [5, 5.41) is 8.54. The van der Waals surface area contributed by atoms with Gasteiger partial charge in [-0.3, -0.25) is 19.3 Å². The Bertz CT molecular complexity index is 1190. The molecule has 0 bridgehead atoms. The lowest BCUT2D eigenvalue weighted by Crippen LogP contribution is -2.60. The molecule has 1 aromatic carbocycles. The van der Waals surface area contributed by atoms with Crippen LogP contribution in [-0.4, -0.2) is 77.2 Å². The second kappa shape index (κ2) is 14.9. The molecule has 3 fully saturated rings. The first kappa shape index (κ1) is 33.4. The third-order valence-corrected chi connectivity index (χ3v) is 9.58. The highest BCUT2D eigenvalue weighted by Gasteiger charge is 2.44. The Morgan fingerprint density at radius 2 is 1.73 bits per heavy atom. The molecule has 5 rings (SSSR count). The smallest absolute Gasteiger partial charge is 0.246 e. The topological polar surface area (TPSA) is 94.6 Å². The molecule has 2 aliphatic heterocycles. The van der Waals surface area contributed by atoms with Crippen molar-refractivity contribution in [1.29, 1.82) is 0 Å². The number of hydrogen-bond acceptors (Lipinski definition) is 7. The molecule has 1 saturated carbocycles. The minimum atomic E-state index is -0.579. The molecule has 1 aliphatic carbocycles. The predicted octanol–water partition coefficient (Wildman–Crippen LogP) is 4.38. The molecular formula is C29H40Cl2FN5O3S. The van der Waals surface area contributed by atoms with Crippen molar-refractivity contribution in [1.82, 2.24) is 25.4 Å². The van der Waals surface area contributed by atoms with Crippen LogP contribution in [0.1, 0.15) is 79.0 Å². The molecule has 4 atom stereocenters. The summed E-state index contributed by atoms with van der Waals surface area (Å²) in [7, 11) is 1.74. The van der Waals surface area contributed by atoms with E-state index >= 15 is 0 Å². The molecule has 0 unspecified atom stereocenters. The lowest BCUT2D eigenvalue weighted by molar-refractivity contribution is -0.144. The molecule has 1 aromatic heterocycles. The van der Waals surface area contributed by atoms with E-state index in [0.29, 0.717) is 30.4 Å². The zero-order valence-corrected chi connectivity index (χ0v) is 26.0. The van der Waals surface area contributed by atoms with Crippen molar-refractivity contribution >= 4 is 53.7 Å². The van der Waals surface area contributed by atoms with Gasteiger partial charge >= 0.3 is 0 Å². The second-order valence-electron chi connectivity index (χ2n) is 11.1. The summed E-state index contributed by atoms with van der Waals surface area (Å²) in [6.07, 6.45) is 7.26. The van der Waals surface area contributed by atoms with Crippen molar-refractivity contribution in [2.24, 2.45) is 5.92 Å². The van der Waals surface area contributed by atoms with Crippen LogP contribution in [0.25, 0.3) is 0 Å². The zero-order chi connectivity index (χ0) is 27.5. The number of rotatable bonds is 8. The van der Waals surface area contributed by atoms with Crippen molar-refractivity contribution in [3.8, 4) is 0 Å². The van der Waals surface area contributed by atoms with Crippen LogP contribution in [0.15, 0.2) is 29.6 Å². The normalized spacial score (nSPS) is 22.6. The number of likely N-dealkylation sites (N-methyl/N-ethyl adjacent to an activating group) is 1. The number of fused-ring (bicyclic) bond motifs is 1. The highest BCUT2D eigenvalue weighted by Crippen LogP contribution is 2.36. The maximum atomic E-state index is 14.4. The van der Waals surface area contributed by atoms with Gasteiger partial charge in [0.1, 0.15) is 22.6 Å². The van der Waals surface area contributed by atoms with Gasteiger partial charge in [0.2, 0.25) is 17.6 Å². The van der Waals surface area contributed by atoms with Crippen LogP contribution in [0, 0.1) is 11.7 Å². The fourth-order valence-electron chi connectivity index (χ4n) is 6.20. The Labute approximate surface area is 257 Å². The van der Waals surface area contributed by atoms with Gasteiger partial charge < -0.3 is 15.5 Å². The average Bonchev–Trinajstić information content (AvgIpc) is 3.64. The summed E-state index contributed by atoms with van der Waals surface area (Å²) in [6, 6.07) is 4.49. The van der Waals surface area contributed by atoms with Gasteiger partial charge in [0.15, 0.2) is 0 Å². The number of thiazole rings is 1. The molecule has 12 heteroatoms. The number of piperazine rings is 1. The highest BCUT2D eigenvalue weighted by molar-refractivity contribution is 7.10. The summed E-state index contributed by atoms with van der Waals surface area (Å²) < 4.78 is 13.4. The second-order valence-corrected chi connectivity index (χ2v) is 12.0. The van der Waals surface area contributed by atoms with E-state index in [-0.39, 0.29) is 54.4 Å². The number of amides is 2. The molecule has 2 saturated heterocycles. The van der Waals surface area contributed by atoms with Crippen molar-refractivity contribution in [3.05, 3.63) is 51.7 Å². The molecule has 41 heavy (non-hydrogen) atoms. The van der Waals surface area contributed by atoms with Crippen molar-refractivity contribution in [2.45, 2.75) is 76.0 Å². The van der Waals surface area contributed by atoms with Gasteiger partial charge in [0, 0.05) is 30.1 Å². The molecule has 2 aromatic rings. The number of benzene rings is 1. The van der Waals surface area contributed by atoms with E-state index in [2.05, 4.69) is 15.5 Å². The first-order chi connectivity index (χ1) is 18.9. The molecule has 0 spiro atoms. The van der Waals surface area contributed by atoms with Crippen LogP contribution in [0.3, 0.4) is 0 Å². The minimum Gasteiger partial charge on any atom is -0.343 e. The van der Waals surface area contributed by atoms with Gasteiger partial charge in [0.05, 0.1) is 12.1 Å². The number of halogens is 3. The molecule has 226 valence electrons. The first-order valence-electron chi connectivity index (χ1n) is 14.1. The van der Waals surface area contributed by atoms with Gasteiger partial charge in [-0.05, 0) is 76.4 Å². The van der Waals surface area contributed by atoms with Crippen molar-refractivity contribution in [3.63, 3.8) is 0 Å². The predicted molar refractivity (Wildman–Crippen MR) is 163 cm³/mol. The average molecular weight is 629 g/mol. The fraction of sp³-hybridized carbons (Fsp3) is 0.586. The molecule has 2 amide bonds. The Balaban J connectivity index is 0.00000231. The third kappa shape index (κ3) is 7.46. The SMILES string of the molecule is CN[C@@H](C)C(=O)N[C@H](C(=O)N1C[C@H]2CCCN2C[C@H]1c1nc(C(=O)c2ccc(F)cc2)cs1)C1CCCCC1.Cl.Cl. The number of carbonyl (C=O) groups is 3. The summed E-state index contributed by atoms with van der Waals surface area (Å²) >= 11 is 1.38. The summed E-state index contributed by atoms with van der Waals surface area (Å²) in [5.74, 6) is -0.770. The fourth-order valence-corrected chi connectivity index (χ4v) is 7.11. The summed E-state index contributed by atoms with van der Waals surface area (Å²) in [4.78, 5) is 49.4. The van der Waals surface area contributed by atoms with Crippen LogP contribution in [0.2, 0.25) is 0 Å². The van der Waals surface area contributed by atoms with E-state index in [4.69, 9.17) is 4.98 Å². The van der Waals surface area contributed by atoms with Crippen LogP contribution in [0.4, 0.5) is 4.39 Å². The van der Waals surface area contributed by atoms with Crippen LogP contribution < -0.4 is 10.6 Å².